The summed E-state index contributed by atoms with van der Waals surface area (Å²) in [6, 6.07) is 12.3. The number of carbonyl (C=O) groups is 2. The SMILES string of the molecule is CC(C)CCOc1ccc(C(=O)NC(=S)Nc2ccccc2C(=O)N2CCCC2)cc1Br. The van der Waals surface area contributed by atoms with Gasteiger partial charge in [0.2, 0.25) is 0 Å². The largest absolute Gasteiger partial charge is 0.492 e. The summed E-state index contributed by atoms with van der Waals surface area (Å²) in [5.41, 5.74) is 1.56. The van der Waals surface area contributed by atoms with E-state index in [-0.39, 0.29) is 16.9 Å². The molecule has 1 saturated heterocycles. The Morgan fingerprint density at radius 1 is 1.16 bits per heavy atom. The highest BCUT2D eigenvalue weighted by molar-refractivity contribution is 9.10. The van der Waals surface area contributed by atoms with Crippen LogP contribution in [0.5, 0.6) is 5.75 Å². The molecule has 170 valence electrons. The van der Waals surface area contributed by atoms with Crippen LogP contribution >= 0.6 is 28.1 Å². The Morgan fingerprint density at radius 3 is 2.56 bits per heavy atom. The van der Waals surface area contributed by atoms with Gasteiger partial charge >= 0.3 is 0 Å². The quantitative estimate of drug-likeness (QED) is 0.491. The predicted octanol–water partition coefficient (Wildman–Crippen LogP) is 5.24. The van der Waals surface area contributed by atoms with Gasteiger partial charge in [-0.2, -0.15) is 0 Å². The number of rotatable bonds is 7. The van der Waals surface area contributed by atoms with Crippen LogP contribution in [0.3, 0.4) is 0 Å². The molecule has 2 aromatic rings. The fourth-order valence-electron chi connectivity index (χ4n) is 3.36. The number of nitrogens with zero attached hydrogens (tertiary/aromatic N) is 1. The number of halogens is 1. The van der Waals surface area contributed by atoms with Crippen LogP contribution < -0.4 is 15.4 Å². The van der Waals surface area contributed by atoms with Crippen molar-refractivity contribution in [1.29, 1.82) is 0 Å². The second-order valence-electron chi connectivity index (χ2n) is 8.13. The van der Waals surface area contributed by atoms with E-state index in [1.165, 1.54) is 0 Å². The van der Waals surface area contributed by atoms with E-state index in [0.29, 0.717) is 39.6 Å². The van der Waals surface area contributed by atoms with Gasteiger partial charge in [0.15, 0.2) is 5.11 Å². The first-order chi connectivity index (χ1) is 15.3. The van der Waals surface area contributed by atoms with Gasteiger partial charge in [0.1, 0.15) is 5.75 Å². The number of nitrogens with one attached hydrogen (secondary N) is 2. The van der Waals surface area contributed by atoms with Crippen LogP contribution in [0.15, 0.2) is 46.9 Å². The lowest BCUT2D eigenvalue weighted by Crippen LogP contribution is -2.35. The number of hydrogen-bond acceptors (Lipinski definition) is 4. The molecule has 0 saturated carbocycles. The lowest BCUT2D eigenvalue weighted by atomic mass is 10.1. The summed E-state index contributed by atoms with van der Waals surface area (Å²) in [7, 11) is 0. The molecule has 1 heterocycles. The Bertz CT molecular complexity index is 990. The van der Waals surface area contributed by atoms with Gasteiger partial charge in [-0.3, -0.25) is 14.9 Å². The van der Waals surface area contributed by atoms with E-state index >= 15 is 0 Å². The predicted molar refractivity (Wildman–Crippen MR) is 134 cm³/mol. The average molecular weight is 518 g/mol. The number of amides is 2. The standard InChI is InChI=1S/C24H28BrN3O3S/c1-16(2)11-14-31-21-10-9-17(15-19(21)25)22(29)27-24(32)26-20-8-4-3-7-18(20)23(30)28-12-5-6-13-28/h3-4,7-10,15-16H,5-6,11-14H2,1-2H3,(H2,26,27,29,32). The van der Waals surface area contributed by atoms with Gasteiger partial charge in [-0.1, -0.05) is 26.0 Å². The maximum absolute atomic E-state index is 12.8. The van der Waals surface area contributed by atoms with Crippen LogP contribution in [0.1, 0.15) is 53.8 Å². The number of para-hydroxylation sites is 1. The summed E-state index contributed by atoms with van der Waals surface area (Å²) >= 11 is 8.79. The van der Waals surface area contributed by atoms with E-state index in [9.17, 15) is 9.59 Å². The molecule has 2 aromatic carbocycles. The molecule has 8 heteroatoms. The fraction of sp³-hybridized carbons (Fsp3) is 0.375. The van der Waals surface area contributed by atoms with Crippen molar-refractivity contribution >= 4 is 50.8 Å². The number of thiocarbonyl (C=S) groups is 1. The number of hydrogen-bond donors (Lipinski definition) is 2. The van der Waals surface area contributed by atoms with Crippen LogP contribution in [0.4, 0.5) is 5.69 Å². The number of likely N-dealkylation sites (tertiary alicyclic amines) is 1. The van der Waals surface area contributed by atoms with Gasteiger partial charge in [-0.25, -0.2) is 0 Å². The Kier molecular flexibility index (Phi) is 8.64. The zero-order valence-corrected chi connectivity index (χ0v) is 20.7. The third-order valence-electron chi connectivity index (χ3n) is 5.17. The molecule has 0 atom stereocenters. The monoisotopic (exact) mass is 517 g/mol. The summed E-state index contributed by atoms with van der Waals surface area (Å²) in [6.45, 7) is 6.43. The van der Waals surface area contributed by atoms with Gasteiger partial charge < -0.3 is 15.0 Å². The van der Waals surface area contributed by atoms with Gasteiger partial charge in [-0.15, -0.1) is 0 Å². The van der Waals surface area contributed by atoms with Crippen molar-refractivity contribution < 1.29 is 14.3 Å². The van der Waals surface area contributed by atoms with E-state index in [2.05, 4.69) is 40.4 Å². The molecule has 1 aliphatic rings. The van der Waals surface area contributed by atoms with Crippen LogP contribution in [-0.2, 0) is 0 Å². The first-order valence-corrected chi connectivity index (χ1v) is 12.0. The van der Waals surface area contributed by atoms with Crippen molar-refractivity contribution in [2.75, 3.05) is 25.0 Å². The maximum Gasteiger partial charge on any atom is 0.257 e. The number of ether oxygens (including phenoxy) is 1. The zero-order valence-electron chi connectivity index (χ0n) is 18.3. The molecule has 0 aromatic heterocycles. The number of benzene rings is 2. The summed E-state index contributed by atoms with van der Waals surface area (Å²) in [4.78, 5) is 27.3. The summed E-state index contributed by atoms with van der Waals surface area (Å²) in [5.74, 6) is 0.873. The van der Waals surface area contributed by atoms with Crippen molar-refractivity contribution in [2.24, 2.45) is 5.92 Å². The van der Waals surface area contributed by atoms with Gasteiger partial charge in [0.05, 0.1) is 22.3 Å². The minimum absolute atomic E-state index is 0.0308. The van der Waals surface area contributed by atoms with Crippen molar-refractivity contribution in [2.45, 2.75) is 33.1 Å². The van der Waals surface area contributed by atoms with E-state index in [1.54, 1.807) is 30.3 Å². The van der Waals surface area contributed by atoms with Crippen molar-refractivity contribution in [3.63, 3.8) is 0 Å². The maximum atomic E-state index is 12.8. The van der Waals surface area contributed by atoms with E-state index < -0.39 is 0 Å². The Labute approximate surface area is 202 Å². The molecule has 6 nitrogen and oxygen atoms in total. The highest BCUT2D eigenvalue weighted by Crippen LogP contribution is 2.26. The van der Waals surface area contributed by atoms with Crippen LogP contribution in [0.25, 0.3) is 0 Å². The Balaban J connectivity index is 1.61. The molecule has 2 amide bonds. The highest BCUT2D eigenvalue weighted by atomic mass is 79.9. The smallest absolute Gasteiger partial charge is 0.257 e. The number of anilines is 1. The Morgan fingerprint density at radius 2 is 1.88 bits per heavy atom. The summed E-state index contributed by atoms with van der Waals surface area (Å²) < 4.78 is 6.47. The molecular formula is C24H28BrN3O3S. The molecule has 3 rings (SSSR count). The molecule has 1 aliphatic heterocycles. The molecule has 0 bridgehead atoms. The van der Waals surface area contributed by atoms with E-state index in [1.807, 2.05) is 17.0 Å². The van der Waals surface area contributed by atoms with E-state index in [4.69, 9.17) is 17.0 Å². The third kappa shape index (κ3) is 6.53. The molecule has 0 spiro atoms. The second kappa shape index (κ2) is 11.4. The van der Waals surface area contributed by atoms with Crippen molar-refractivity contribution in [1.82, 2.24) is 10.2 Å². The first kappa shape index (κ1) is 24.2. The zero-order chi connectivity index (χ0) is 23.1. The van der Waals surface area contributed by atoms with Crippen LogP contribution in [0.2, 0.25) is 0 Å². The average Bonchev–Trinajstić information content (AvgIpc) is 3.29. The number of carbonyl (C=O) groups excluding carboxylic acids is 2. The molecular weight excluding hydrogens is 490 g/mol. The minimum atomic E-state index is -0.347. The van der Waals surface area contributed by atoms with Crippen molar-refractivity contribution in [3.05, 3.63) is 58.1 Å². The highest BCUT2D eigenvalue weighted by Gasteiger charge is 2.22. The van der Waals surface area contributed by atoms with Gasteiger partial charge in [0.25, 0.3) is 11.8 Å². The van der Waals surface area contributed by atoms with Crippen molar-refractivity contribution in [3.8, 4) is 5.75 Å². The second-order valence-corrected chi connectivity index (χ2v) is 9.39. The lowest BCUT2D eigenvalue weighted by molar-refractivity contribution is 0.0793. The molecule has 32 heavy (non-hydrogen) atoms. The molecule has 0 radical (unpaired) electrons. The first-order valence-electron chi connectivity index (χ1n) is 10.8. The van der Waals surface area contributed by atoms with Gasteiger partial charge in [0, 0.05) is 18.7 Å². The fourth-order valence-corrected chi connectivity index (χ4v) is 4.06. The minimum Gasteiger partial charge on any atom is -0.492 e. The molecule has 1 fully saturated rings. The summed E-state index contributed by atoms with van der Waals surface area (Å²) in [5, 5.41) is 5.81. The van der Waals surface area contributed by atoms with Crippen LogP contribution in [0, 0.1) is 5.92 Å². The Hall–Kier alpha value is -2.45. The topological polar surface area (TPSA) is 70.7 Å². The molecule has 0 aliphatic carbocycles. The molecule has 0 unspecified atom stereocenters. The molecule has 2 N–H and O–H groups in total. The van der Waals surface area contributed by atoms with Gasteiger partial charge in [-0.05, 0) is 83.7 Å². The normalized spacial score (nSPS) is 13.2. The summed E-state index contributed by atoms with van der Waals surface area (Å²) in [6.07, 6.45) is 3.00. The van der Waals surface area contributed by atoms with Crippen LogP contribution in [-0.4, -0.2) is 41.5 Å². The van der Waals surface area contributed by atoms with E-state index in [0.717, 1.165) is 32.4 Å². The third-order valence-corrected chi connectivity index (χ3v) is 6.00. The lowest BCUT2D eigenvalue weighted by Gasteiger charge is -2.18.